The molecule has 2 amide bonds. The number of amides is 2. The maximum atomic E-state index is 12.2. The van der Waals surface area contributed by atoms with Gasteiger partial charge in [-0.2, -0.15) is 5.10 Å². The molecule has 1 saturated heterocycles. The third-order valence-electron chi connectivity index (χ3n) is 4.15. The van der Waals surface area contributed by atoms with Gasteiger partial charge in [-0.3, -0.25) is 9.59 Å². The number of aryl methyl sites for hydroxylation is 1. The van der Waals surface area contributed by atoms with Gasteiger partial charge in [0.2, 0.25) is 11.8 Å². The standard InChI is InChI=1S/C16H18ClN5O2/c1-9-15(17)10(2)22(20-9)13-5-4-12(7-18-13)19-16(24)11-6-14(23)21(3)8-11/h4-5,7,11H,6,8H2,1-3H3,(H,19,24)/t11-/m0/s1. The molecule has 1 N–H and O–H groups in total. The van der Waals surface area contributed by atoms with Crippen molar-refractivity contribution in [1.29, 1.82) is 0 Å². The molecule has 0 aromatic carbocycles. The number of nitrogens with zero attached hydrogens (tertiary/aromatic N) is 4. The van der Waals surface area contributed by atoms with E-state index in [4.69, 9.17) is 11.6 Å². The van der Waals surface area contributed by atoms with Crippen molar-refractivity contribution < 1.29 is 9.59 Å². The van der Waals surface area contributed by atoms with Gasteiger partial charge in [-0.1, -0.05) is 11.6 Å². The summed E-state index contributed by atoms with van der Waals surface area (Å²) in [4.78, 5) is 29.6. The summed E-state index contributed by atoms with van der Waals surface area (Å²) in [7, 11) is 1.70. The second-order valence-corrected chi connectivity index (χ2v) is 6.34. The molecule has 24 heavy (non-hydrogen) atoms. The second-order valence-electron chi connectivity index (χ2n) is 5.97. The zero-order chi connectivity index (χ0) is 17.4. The van der Waals surface area contributed by atoms with Crippen molar-refractivity contribution in [3.05, 3.63) is 34.7 Å². The summed E-state index contributed by atoms with van der Waals surface area (Å²) in [6, 6.07) is 3.52. The Balaban J connectivity index is 1.72. The number of carbonyl (C=O) groups excluding carboxylic acids is 2. The fraction of sp³-hybridized carbons (Fsp3) is 0.375. The first-order valence-electron chi connectivity index (χ1n) is 7.59. The normalized spacial score (nSPS) is 17.4. The van der Waals surface area contributed by atoms with Crippen LogP contribution in [0.4, 0.5) is 5.69 Å². The minimum absolute atomic E-state index is 0.00923. The van der Waals surface area contributed by atoms with Crippen molar-refractivity contribution in [2.24, 2.45) is 5.92 Å². The number of halogens is 1. The monoisotopic (exact) mass is 347 g/mol. The molecular formula is C16H18ClN5O2. The Kier molecular flexibility index (Phi) is 4.28. The molecule has 1 aliphatic rings. The van der Waals surface area contributed by atoms with Crippen molar-refractivity contribution >= 4 is 29.1 Å². The van der Waals surface area contributed by atoms with Crippen LogP contribution in [-0.2, 0) is 9.59 Å². The van der Waals surface area contributed by atoms with E-state index in [0.29, 0.717) is 23.1 Å². The Morgan fingerprint density at radius 1 is 1.38 bits per heavy atom. The minimum atomic E-state index is -0.322. The molecule has 0 bridgehead atoms. The molecule has 0 radical (unpaired) electrons. The molecule has 0 spiro atoms. The lowest BCUT2D eigenvalue weighted by atomic mass is 10.1. The molecule has 126 valence electrons. The van der Waals surface area contributed by atoms with Crippen molar-refractivity contribution in [3.8, 4) is 5.82 Å². The molecule has 7 nitrogen and oxygen atoms in total. The average molecular weight is 348 g/mol. The SMILES string of the molecule is Cc1nn(-c2ccc(NC(=O)[C@H]3CC(=O)N(C)C3)cn2)c(C)c1Cl. The van der Waals surface area contributed by atoms with E-state index in [1.165, 1.54) is 0 Å². The molecule has 0 aliphatic carbocycles. The Morgan fingerprint density at radius 3 is 2.62 bits per heavy atom. The number of carbonyl (C=O) groups is 2. The van der Waals surface area contributed by atoms with Gasteiger partial charge in [-0.05, 0) is 26.0 Å². The van der Waals surface area contributed by atoms with Crippen LogP contribution in [0.2, 0.25) is 5.02 Å². The van der Waals surface area contributed by atoms with Crippen LogP contribution in [0.25, 0.3) is 5.82 Å². The highest BCUT2D eigenvalue weighted by atomic mass is 35.5. The maximum Gasteiger partial charge on any atom is 0.229 e. The summed E-state index contributed by atoms with van der Waals surface area (Å²) in [5, 5.41) is 7.76. The van der Waals surface area contributed by atoms with Crippen LogP contribution in [-0.4, -0.2) is 45.1 Å². The van der Waals surface area contributed by atoms with Gasteiger partial charge in [0, 0.05) is 20.0 Å². The van der Waals surface area contributed by atoms with Gasteiger partial charge >= 0.3 is 0 Å². The third kappa shape index (κ3) is 2.99. The van der Waals surface area contributed by atoms with Crippen molar-refractivity contribution in [3.63, 3.8) is 0 Å². The Bertz CT molecular complexity index is 800. The summed E-state index contributed by atoms with van der Waals surface area (Å²) >= 11 is 6.15. The van der Waals surface area contributed by atoms with Crippen LogP contribution in [0.1, 0.15) is 17.8 Å². The highest BCUT2D eigenvalue weighted by Gasteiger charge is 2.32. The van der Waals surface area contributed by atoms with Gasteiger partial charge in [0.1, 0.15) is 0 Å². The fourth-order valence-corrected chi connectivity index (χ4v) is 2.83. The van der Waals surface area contributed by atoms with Crippen molar-refractivity contribution in [1.82, 2.24) is 19.7 Å². The number of nitrogens with one attached hydrogen (secondary N) is 1. The first kappa shape index (κ1) is 16.4. The summed E-state index contributed by atoms with van der Waals surface area (Å²) in [5.74, 6) is 0.120. The van der Waals surface area contributed by atoms with E-state index in [9.17, 15) is 9.59 Å². The first-order valence-corrected chi connectivity index (χ1v) is 7.97. The molecule has 1 fully saturated rings. The second kappa shape index (κ2) is 6.24. The third-order valence-corrected chi connectivity index (χ3v) is 4.69. The topological polar surface area (TPSA) is 80.1 Å². The van der Waals surface area contributed by atoms with Crippen LogP contribution in [0.3, 0.4) is 0 Å². The van der Waals surface area contributed by atoms with E-state index in [0.717, 1.165) is 11.4 Å². The number of likely N-dealkylation sites (tertiary alicyclic amines) is 1. The predicted octanol–water partition coefficient (Wildman–Crippen LogP) is 1.95. The molecular weight excluding hydrogens is 330 g/mol. The van der Waals surface area contributed by atoms with E-state index in [1.807, 2.05) is 13.8 Å². The van der Waals surface area contributed by atoms with Gasteiger partial charge < -0.3 is 10.2 Å². The van der Waals surface area contributed by atoms with Gasteiger partial charge in [0.05, 0.1) is 34.2 Å². The summed E-state index contributed by atoms with van der Waals surface area (Å²) in [5.41, 5.74) is 2.13. The number of hydrogen-bond acceptors (Lipinski definition) is 4. The van der Waals surface area contributed by atoms with E-state index >= 15 is 0 Å². The van der Waals surface area contributed by atoms with Gasteiger partial charge in [0.25, 0.3) is 0 Å². The quantitative estimate of drug-likeness (QED) is 0.920. The van der Waals surface area contributed by atoms with Crippen LogP contribution < -0.4 is 5.32 Å². The molecule has 8 heteroatoms. The molecule has 1 atom stereocenters. The molecule has 3 heterocycles. The molecule has 2 aromatic rings. The van der Waals surface area contributed by atoms with Crippen LogP contribution in [0, 0.1) is 19.8 Å². The van der Waals surface area contributed by atoms with Gasteiger partial charge in [-0.15, -0.1) is 0 Å². The highest BCUT2D eigenvalue weighted by Crippen LogP contribution is 2.22. The Hall–Kier alpha value is -2.41. The summed E-state index contributed by atoms with van der Waals surface area (Å²) < 4.78 is 1.66. The van der Waals surface area contributed by atoms with Crippen LogP contribution in [0.15, 0.2) is 18.3 Å². The lowest BCUT2D eigenvalue weighted by Crippen LogP contribution is -2.25. The van der Waals surface area contributed by atoms with E-state index in [-0.39, 0.29) is 24.2 Å². The van der Waals surface area contributed by atoms with E-state index in [1.54, 1.807) is 35.0 Å². The minimum Gasteiger partial charge on any atom is -0.345 e. The van der Waals surface area contributed by atoms with Gasteiger partial charge in [0.15, 0.2) is 5.82 Å². The van der Waals surface area contributed by atoms with E-state index < -0.39 is 0 Å². The highest BCUT2D eigenvalue weighted by molar-refractivity contribution is 6.31. The first-order chi connectivity index (χ1) is 11.4. The molecule has 0 saturated carbocycles. The Morgan fingerprint density at radius 2 is 2.12 bits per heavy atom. The maximum absolute atomic E-state index is 12.2. The fourth-order valence-electron chi connectivity index (χ4n) is 2.72. The Labute approximate surface area is 144 Å². The van der Waals surface area contributed by atoms with E-state index in [2.05, 4.69) is 15.4 Å². The number of aromatic nitrogens is 3. The smallest absolute Gasteiger partial charge is 0.229 e. The van der Waals surface area contributed by atoms with Crippen LogP contribution >= 0.6 is 11.6 Å². The predicted molar refractivity (Wildman–Crippen MR) is 90.2 cm³/mol. The molecule has 2 aromatic heterocycles. The zero-order valence-corrected chi connectivity index (χ0v) is 14.5. The summed E-state index contributed by atoms with van der Waals surface area (Å²) in [6.07, 6.45) is 1.82. The van der Waals surface area contributed by atoms with Gasteiger partial charge in [-0.25, -0.2) is 9.67 Å². The average Bonchev–Trinajstić information content (AvgIpc) is 3.03. The molecule has 1 aliphatic heterocycles. The number of rotatable bonds is 3. The van der Waals surface area contributed by atoms with Crippen molar-refractivity contribution in [2.45, 2.75) is 20.3 Å². The molecule has 0 unspecified atom stereocenters. The lowest BCUT2D eigenvalue weighted by molar-refractivity contribution is -0.127. The van der Waals surface area contributed by atoms with Crippen LogP contribution in [0.5, 0.6) is 0 Å². The lowest BCUT2D eigenvalue weighted by Gasteiger charge is -2.11. The number of anilines is 1. The number of hydrogen-bond donors (Lipinski definition) is 1. The largest absolute Gasteiger partial charge is 0.345 e. The number of pyridine rings is 1. The van der Waals surface area contributed by atoms with Crippen molar-refractivity contribution in [2.75, 3.05) is 18.9 Å². The molecule has 3 rings (SSSR count). The summed E-state index contributed by atoms with van der Waals surface area (Å²) in [6.45, 7) is 4.15. The zero-order valence-electron chi connectivity index (χ0n) is 13.7.